The van der Waals surface area contributed by atoms with Crippen molar-refractivity contribution in [1.29, 1.82) is 0 Å². The molecule has 0 saturated carbocycles. The van der Waals surface area contributed by atoms with Gasteiger partial charge in [0.05, 0.1) is 12.8 Å². The first-order valence-electron chi connectivity index (χ1n) is 7.60. The maximum absolute atomic E-state index is 12.2. The van der Waals surface area contributed by atoms with Crippen molar-refractivity contribution in [2.24, 2.45) is 0 Å². The molecule has 6 heteroatoms. The summed E-state index contributed by atoms with van der Waals surface area (Å²) >= 11 is 0. The molecule has 0 aliphatic carbocycles. The number of carbonyl (C=O) groups excluding carboxylic acids is 1. The van der Waals surface area contributed by atoms with E-state index >= 15 is 0 Å². The lowest BCUT2D eigenvalue weighted by molar-refractivity contribution is 0.102. The van der Waals surface area contributed by atoms with Crippen molar-refractivity contribution < 1.29 is 9.21 Å². The lowest BCUT2D eigenvalue weighted by Crippen LogP contribution is -2.15. The fraction of sp³-hybridized carbons (Fsp3) is 0.167. The number of furan rings is 1. The number of benzene rings is 1. The van der Waals surface area contributed by atoms with Crippen LogP contribution in [0.25, 0.3) is 0 Å². The van der Waals surface area contributed by atoms with Crippen LogP contribution in [0.2, 0.25) is 0 Å². The second kappa shape index (κ2) is 6.95. The number of anilines is 2. The minimum atomic E-state index is -0.287. The van der Waals surface area contributed by atoms with Gasteiger partial charge < -0.3 is 15.1 Å². The zero-order valence-electron chi connectivity index (χ0n) is 13.5. The van der Waals surface area contributed by atoms with Gasteiger partial charge in [-0.15, -0.1) is 10.2 Å². The normalized spacial score (nSPS) is 10.4. The highest BCUT2D eigenvalue weighted by molar-refractivity contribution is 6.02. The molecular formula is C18H18N4O2. The number of aromatic nitrogens is 2. The maximum atomic E-state index is 12.2. The number of hydrogen-bond acceptors (Lipinski definition) is 5. The third-order valence-corrected chi connectivity index (χ3v) is 3.40. The van der Waals surface area contributed by atoms with Crippen LogP contribution < -0.4 is 10.6 Å². The Bertz CT molecular complexity index is 806. The first-order valence-corrected chi connectivity index (χ1v) is 7.60. The zero-order chi connectivity index (χ0) is 16.9. The summed E-state index contributed by atoms with van der Waals surface area (Å²) in [6, 6.07) is 12.9. The molecule has 0 atom stereocenters. The molecule has 2 aromatic heterocycles. The molecule has 0 fully saturated rings. The van der Waals surface area contributed by atoms with E-state index in [1.54, 1.807) is 18.4 Å². The average molecular weight is 322 g/mol. The van der Waals surface area contributed by atoms with Gasteiger partial charge in [0.1, 0.15) is 11.6 Å². The molecule has 0 spiro atoms. The molecule has 0 aliphatic rings. The van der Waals surface area contributed by atoms with Gasteiger partial charge in [0.2, 0.25) is 0 Å². The number of aryl methyl sites for hydroxylation is 2. The molecule has 6 nitrogen and oxygen atoms in total. The fourth-order valence-corrected chi connectivity index (χ4v) is 2.38. The van der Waals surface area contributed by atoms with E-state index in [9.17, 15) is 4.79 Å². The number of nitrogens with zero attached hydrogens (tertiary/aromatic N) is 2. The van der Waals surface area contributed by atoms with E-state index in [2.05, 4.69) is 26.9 Å². The summed E-state index contributed by atoms with van der Waals surface area (Å²) in [4.78, 5) is 12.2. The molecule has 1 amide bonds. The maximum Gasteiger partial charge on any atom is 0.276 e. The van der Waals surface area contributed by atoms with Gasteiger partial charge >= 0.3 is 0 Å². The summed E-state index contributed by atoms with van der Waals surface area (Å²) in [6.45, 7) is 4.49. The Hall–Kier alpha value is -3.15. The van der Waals surface area contributed by atoms with E-state index in [-0.39, 0.29) is 11.6 Å². The van der Waals surface area contributed by atoms with Gasteiger partial charge in [-0.2, -0.15) is 0 Å². The molecule has 3 rings (SSSR count). The van der Waals surface area contributed by atoms with Crippen molar-refractivity contribution in [2.75, 3.05) is 10.6 Å². The highest BCUT2D eigenvalue weighted by atomic mass is 16.3. The third kappa shape index (κ3) is 3.98. The van der Waals surface area contributed by atoms with Gasteiger partial charge in [-0.1, -0.05) is 6.07 Å². The summed E-state index contributed by atoms with van der Waals surface area (Å²) < 4.78 is 5.23. The van der Waals surface area contributed by atoms with Crippen LogP contribution >= 0.6 is 0 Å². The number of carbonyl (C=O) groups is 1. The SMILES string of the molecule is Cc1cc(C)cc(NC(=O)c2ccc(NCc3ccco3)nn2)c1. The van der Waals surface area contributed by atoms with Gasteiger partial charge in [-0.05, 0) is 61.4 Å². The van der Waals surface area contributed by atoms with E-state index in [1.807, 2.05) is 38.1 Å². The molecule has 2 heterocycles. The third-order valence-electron chi connectivity index (χ3n) is 3.40. The van der Waals surface area contributed by atoms with Gasteiger partial charge in [-0.3, -0.25) is 4.79 Å². The Morgan fingerprint density at radius 1 is 1.08 bits per heavy atom. The first-order chi connectivity index (χ1) is 11.6. The Kier molecular flexibility index (Phi) is 4.56. The summed E-state index contributed by atoms with van der Waals surface area (Å²) in [5, 5.41) is 13.9. The molecule has 0 bridgehead atoms. The second-order valence-electron chi connectivity index (χ2n) is 5.57. The number of amides is 1. The fourth-order valence-electron chi connectivity index (χ4n) is 2.38. The molecule has 0 aliphatic heterocycles. The Labute approximate surface area is 139 Å². The second-order valence-corrected chi connectivity index (χ2v) is 5.57. The average Bonchev–Trinajstić information content (AvgIpc) is 3.06. The lowest BCUT2D eigenvalue weighted by atomic mass is 10.1. The van der Waals surface area contributed by atoms with E-state index in [0.29, 0.717) is 12.4 Å². The number of hydrogen-bond donors (Lipinski definition) is 2. The topological polar surface area (TPSA) is 80.0 Å². The summed E-state index contributed by atoms with van der Waals surface area (Å²) in [6.07, 6.45) is 1.61. The van der Waals surface area contributed by atoms with E-state index in [0.717, 1.165) is 22.6 Å². The smallest absolute Gasteiger partial charge is 0.276 e. The number of rotatable bonds is 5. The highest BCUT2D eigenvalue weighted by Gasteiger charge is 2.09. The zero-order valence-corrected chi connectivity index (χ0v) is 13.5. The molecule has 0 saturated heterocycles. The minimum absolute atomic E-state index is 0.262. The molecule has 122 valence electrons. The van der Waals surface area contributed by atoms with Crippen LogP contribution in [0.15, 0.2) is 53.1 Å². The van der Waals surface area contributed by atoms with Crippen molar-refractivity contribution in [3.05, 3.63) is 71.3 Å². The largest absolute Gasteiger partial charge is 0.467 e. The van der Waals surface area contributed by atoms with Crippen molar-refractivity contribution in [2.45, 2.75) is 20.4 Å². The van der Waals surface area contributed by atoms with Crippen molar-refractivity contribution >= 4 is 17.4 Å². The first kappa shape index (κ1) is 15.7. The van der Waals surface area contributed by atoms with Crippen LogP contribution in [0.1, 0.15) is 27.4 Å². The Morgan fingerprint density at radius 3 is 2.50 bits per heavy atom. The van der Waals surface area contributed by atoms with Crippen molar-refractivity contribution in [3.8, 4) is 0 Å². The molecule has 1 aromatic carbocycles. The molecule has 2 N–H and O–H groups in total. The lowest BCUT2D eigenvalue weighted by Gasteiger charge is -2.07. The predicted molar refractivity (Wildman–Crippen MR) is 91.9 cm³/mol. The number of nitrogens with one attached hydrogen (secondary N) is 2. The minimum Gasteiger partial charge on any atom is -0.467 e. The Morgan fingerprint density at radius 2 is 1.88 bits per heavy atom. The van der Waals surface area contributed by atoms with Crippen LogP contribution in [0.4, 0.5) is 11.5 Å². The highest BCUT2D eigenvalue weighted by Crippen LogP contribution is 2.15. The Balaban J connectivity index is 1.63. The van der Waals surface area contributed by atoms with Gasteiger partial charge in [-0.25, -0.2) is 0 Å². The predicted octanol–water partition coefficient (Wildman–Crippen LogP) is 3.55. The van der Waals surface area contributed by atoms with Gasteiger partial charge in [0, 0.05) is 5.69 Å². The van der Waals surface area contributed by atoms with Crippen molar-refractivity contribution in [3.63, 3.8) is 0 Å². The van der Waals surface area contributed by atoms with Crippen LogP contribution in [0.3, 0.4) is 0 Å². The van der Waals surface area contributed by atoms with E-state index in [4.69, 9.17) is 4.42 Å². The van der Waals surface area contributed by atoms with Gasteiger partial charge in [0.25, 0.3) is 5.91 Å². The molecule has 0 radical (unpaired) electrons. The van der Waals surface area contributed by atoms with Crippen LogP contribution in [-0.4, -0.2) is 16.1 Å². The van der Waals surface area contributed by atoms with E-state index < -0.39 is 0 Å². The van der Waals surface area contributed by atoms with Crippen LogP contribution in [-0.2, 0) is 6.54 Å². The monoisotopic (exact) mass is 322 g/mol. The van der Waals surface area contributed by atoms with Crippen molar-refractivity contribution in [1.82, 2.24) is 10.2 Å². The van der Waals surface area contributed by atoms with Crippen LogP contribution in [0, 0.1) is 13.8 Å². The summed E-state index contributed by atoms with van der Waals surface area (Å²) in [5.41, 5.74) is 3.19. The molecule has 3 aromatic rings. The molecule has 24 heavy (non-hydrogen) atoms. The molecule has 0 unspecified atom stereocenters. The van der Waals surface area contributed by atoms with Gasteiger partial charge in [0.15, 0.2) is 5.69 Å². The summed E-state index contributed by atoms with van der Waals surface area (Å²) in [5.74, 6) is 1.09. The van der Waals surface area contributed by atoms with E-state index in [1.165, 1.54) is 0 Å². The standard InChI is InChI=1S/C18H18N4O2/c1-12-8-13(2)10-14(9-12)20-18(23)16-5-6-17(22-21-16)19-11-15-4-3-7-24-15/h3-10H,11H2,1-2H3,(H,19,22)(H,20,23). The summed E-state index contributed by atoms with van der Waals surface area (Å²) in [7, 11) is 0. The molecular weight excluding hydrogens is 304 g/mol. The van der Waals surface area contributed by atoms with Crippen LogP contribution in [0.5, 0.6) is 0 Å². The quantitative estimate of drug-likeness (QED) is 0.751.